The number of halogens is 2. The van der Waals surface area contributed by atoms with Crippen LogP contribution in [0, 0.1) is 27.0 Å². The number of carbonyl (C=O) groups excluding carboxylic acids is 2. The quantitative estimate of drug-likeness (QED) is 0.118. The normalized spacial score (nSPS) is 10.3. The van der Waals surface area contributed by atoms with E-state index < -0.39 is 20.9 Å². The van der Waals surface area contributed by atoms with Gasteiger partial charge in [0.2, 0.25) is 23.2 Å². The molecule has 45 heavy (non-hydrogen) atoms. The van der Waals surface area contributed by atoms with Crippen LogP contribution in [0.2, 0.25) is 0 Å². The van der Waals surface area contributed by atoms with E-state index in [0.29, 0.717) is 34.8 Å². The lowest BCUT2D eigenvalue weighted by atomic mass is 10.1. The molecule has 0 saturated carbocycles. The minimum absolute atomic E-state index is 0.00758. The zero-order chi connectivity index (χ0) is 34.5. The molecule has 0 aromatic carbocycles. The first-order valence-corrected chi connectivity index (χ1v) is 17.4. The number of rotatable bonds is 7. The van der Waals surface area contributed by atoms with Gasteiger partial charge >= 0.3 is 0 Å². The van der Waals surface area contributed by atoms with Gasteiger partial charge in [-0.25, -0.2) is 18.1 Å². The first-order chi connectivity index (χ1) is 21.1. The lowest BCUT2D eigenvalue weighted by Crippen LogP contribution is -2.24. The summed E-state index contributed by atoms with van der Waals surface area (Å²) in [7, 11) is 1.46. The summed E-state index contributed by atoms with van der Waals surface area (Å²) in [6.07, 6.45) is 1.47. The van der Waals surface area contributed by atoms with Crippen molar-refractivity contribution in [2.75, 3.05) is 6.38 Å². The molecule has 4 aromatic heterocycles. The maximum Gasteiger partial charge on any atom is 0.292 e. The molecule has 0 aliphatic heterocycles. The van der Waals surface area contributed by atoms with Crippen LogP contribution in [-0.2, 0) is 15.6 Å². The van der Waals surface area contributed by atoms with Crippen molar-refractivity contribution in [1.82, 2.24) is 25.6 Å². The summed E-state index contributed by atoms with van der Waals surface area (Å²) in [4.78, 5) is 37.9. The third-order valence-electron chi connectivity index (χ3n) is 5.10. The zero-order valence-corrected chi connectivity index (χ0v) is 29.2. The van der Waals surface area contributed by atoms with Gasteiger partial charge in [0.15, 0.2) is 0 Å². The molecule has 14 nitrogen and oxygen atoms in total. The number of alkyl halides is 1. The summed E-state index contributed by atoms with van der Waals surface area (Å²) in [5.41, 5.74) is 6.38. The van der Waals surface area contributed by atoms with Crippen molar-refractivity contribution in [3.05, 3.63) is 72.3 Å². The summed E-state index contributed by atoms with van der Waals surface area (Å²) in [5.74, 6) is -0.0979. The average Bonchev–Trinajstić information content (AvgIpc) is 3.78. The predicted octanol–water partition coefficient (Wildman–Crippen LogP) is 6.73. The zero-order valence-electron chi connectivity index (χ0n) is 25.2. The summed E-state index contributed by atoms with van der Waals surface area (Å²) in [6, 6.07) is 0. The van der Waals surface area contributed by atoms with Crippen LogP contribution >= 0.6 is 45.0 Å². The number of nitrogens with two attached hydrogens (primary N) is 1. The molecule has 0 saturated heterocycles. The Balaban J connectivity index is 0.000000352. The molecule has 4 heterocycles. The fourth-order valence-corrected chi connectivity index (χ4v) is 7.18. The second kappa shape index (κ2) is 18.2. The highest BCUT2D eigenvalue weighted by Gasteiger charge is 2.24. The van der Waals surface area contributed by atoms with E-state index in [-0.39, 0.29) is 28.1 Å². The number of aromatic nitrogens is 4. The molecule has 0 unspecified atom stereocenters. The van der Waals surface area contributed by atoms with E-state index in [1.54, 1.807) is 25.2 Å². The van der Waals surface area contributed by atoms with E-state index in [2.05, 4.69) is 65.3 Å². The Labute approximate surface area is 278 Å². The number of thiophene rings is 2. The molecule has 0 bridgehead atoms. The monoisotopic (exact) mass is 716 g/mol. The van der Waals surface area contributed by atoms with Crippen LogP contribution in [0.15, 0.2) is 24.7 Å². The van der Waals surface area contributed by atoms with E-state index in [4.69, 9.17) is 34.1 Å². The number of nitrogens with zero attached hydrogens (tertiary/aromatic N) is 6. The fraction of sp³-hybridized carbons (Fsp3) is 0.385. The minimum atomic E-state index is -3.81. The van der Waals surface area contributed by atoms with Crippen molar-refractivity contribution < 1.29 is 27.1 Å². The Morgan fingerprint density at radius 3 is 1.78 bits per heavy atom. The second-order valence-electron chi connectivity index (χ2n) is 9.07. The lowest BCUT2D eigenvalue weighted by Gasteiger charge is -2.08. The highest BCUT2D eigenvalue weighted by molar-refractivity contribution is 8.14. The molecule has 4 aromatic rings. The van der Waals surface area contributed by atoms with E-state index in [9.17, 15) is 18.0 Å². The molecule has 2 amide bonds. The van der Waals surface area contributed by atoms with Gasteiger partial charge in [0.1, 0.15) is 4.90 Å². The summed E-state index contributed by atoms with van der Waals surface area (Å²) in [6.45, 7) is 25.4. The van der Waals surface area contributed by atoms with E-state index >= 15 is 0 Å². The van der Waals surface area contributed by atoms with Crippen molar-refractivity contribution in [1.29, 1.82) is 0 Å². The third-order valence-corrected chi connectivity index (χ3v) is 9.19. The number of hydrogen-bond acceptors (Lipinski definition) is 12. The molecule has 19 heteroatoms. The van der Waals surface area contributed by atoms with Gasteiger partial charge < -0.3 is 20.1 Å². The van der Waals surface area contributed by atoms with Gasteiger partial charge in [-0.1, -0.05) is 38.0 Å². The molecule has 0 atom stereocenters. The number of amides is 2. The summed E-state index contributed by atoms with van der Waals surface area (Å²) < 4.78 is 31.7. The number of hydrogen-bond donors (Lipinski definition) is 2. The van der Waals surface area contributed by atoms with Crippen molar-refractivity contribution in [3.8, 4) is 0 Å². The fourth-order valence-electron chi connectivity index (χ4n) is 3.26. The van der Waals surface area contributed by atoms with Crippen LogP contribution in [0.4, 0.5) is 11.4 Å². The van der Waals surface area contributed by atoms with Crippen molar-refractivity contribution in [2.45, 2.75) is 64.8 Å². The SMILES string of the molecule is CCl.Cc1nc(C(N)=O)no1.[C-]#[N+]c1csc(C(C)C)c1CNC(=O)c1noc(C)n1.[C-]#[N+]c1csc(C(C)C)c1S(=O)(=O)Cl. The molecule has 0 radical (unpaired) electrons. The molecule has 0 spiro atoms. The van der Waals surface area contributed by atoms with Gasteiger partial charge in [-0.2, -0.15) is 32.6 Å². The van der Waals surface area contributed by atoms with E-state index in [1.807, 2.05) is 19.2 Å². The molecule has 0 fully saturated rings. The van der Waals surface area contributed by atoms with Crippen LogP contribution in [-0.4, -0.2) is 46.9 Å². The van der Waals surface area contributed by atoms with Gasteiger partial charge in [0, 0.05) is 47.2 Å². The largest absolute Gasteiger partial charge is 0.363 e. The second-order valence-corrected chi connectivity index (χ2v) is 13.4. The standard InChI is InChI=1S/C13H14N4O2S.C8H8ClNO2S2.C4H5N3O2.CH3Cl/c1-7(2)11-9(10(14-4)6-20-11)5-15-13(18)12-16-8(3)19-17-12;1-5(2)7-8(14(9,11)12)6(10-3)4-13-7;1-2-6-4(3(5)8)7-9-2;1-2/h6-7H,5H2,1-3H3,(H,15,18);4-5H,1-2H3;1H3,(H2,5,8);1H3. The molecular formula is C26H30Cl2N8O6S3. The van der Waals surface area contributed by atoms with Crippen LogP contribution in [0.1, 0.15) is 87.9 Å². The van der Waals surface area contributed by atoms with Gasteiger partial charge in [-0.3, -0.25) is 9.59 Å². The Bertz CT molecular complexity index is 1780. The first kappa shape index (κ1) is 39.2. The van der Waals surface area contributed by atoms with Crippen LogP contribution < -0.4 is 11.1 Å². The number of nitrogens with one attached hydrogen (secondary N) is 1. The smallest absolute Gasteiger partial charge is 0.292 e. The summed E-state index contributed by atoms with van der Waals surface area (Å²) in [5, 5.41) is 12.9. The molecule has 242 valence electrons. The topological polar surface area (TPSA) is 193 Å². The number of primary amides is 1. The maximum absolute atomic E-state index is 11.9. The third kappa shape index (κ3) is 11.5. The van der Waals surface area contributed by atoms with E-state index in [0.717, 1.165) is 10.4 Å². The summed E-state index contributed by atoms with van der Waals surface area (Å²) >= 11 is 7.44. The molecule has 4 rings (SSSR count). The van der Waals surface area contributed by atoms with Gasteiger partial charge in [0.05, 0.1) is 13.1 Å². The average molecular weight is 718 g/mol. The lowest BCUT2D eigenvalue weighted by molar-refractivity contribution is 0.0936. The Kier molecular flexibility index (Phi) is 15.8. The molecular weight excluding hydrogens is 687 g/mol. The number of aryl methyl sites for hydroxylation is 2. The Hall–Kier alpha value is -3.87. The maximum atomic E-state index is 11.9. The first-order valence-electron chi connectivity index (χ1n) is 12.6. The van der Waals surface area contributed by atoms with Crippen LogP contribution in [0.3, 0.4) is 0 Å². The van der Waals surface area contributed by atoms with Crippen LogP contribution in [0.25, 0.3) is 9.69 Å². The predicted molar refractivity (Wildman–Crippen MR) is 172 cm³/mol. The van der Waals surface area contributed by atoms with E-state index in [1.165, 1.54) is 23.1 Å². The number of carbonyl (C=O) groups is 2. The minimum Gasteiger partial charge on any atom is -0.363 e. The highest BCUT2D eigenvalue weighted by Crippen LogP contribution is 2.40. The van der Waals surface area contributed by atoms with Gasteiger partial charge in [0.25, 0.3) is 32.5 Å². The van der Waals surface area contributed by atoms with Crippen LogP contribution in [0.5, 0.6) is 0 Å². The van der Waals surface area contributed by atoms with Crippen molar-refractivity contribution >= 4 is 77.2 Å². The Morgan fingerprint density at radius 1 is 0.933 bits per heavy atom. The van der Waals surface area contributed by atoms with Gasteiger partial charge in [-0.05, 0) is 28.2 Å². The van der Waals surface area contributed by atoms with Crippen molar-refractivity contribution in [2.24, 2.45) is 5.73 Å². The molecule has 3 N–H and O–H groups in total. The molecule has 0 aliphatic rings. The highest BCUT2D eigenvalue weighted by atomic mass is 35.7. The molecule has 0 aliphatic carbocycles. The van der Waals surface area contributed by atoms with Crippen molar-refractivity contribution in [3.63, 3.8) is 0 Å². The van der Waals surface area contributed by atoms with Gasteiger partial charge in [-0.15, -0.1) is 11.6 Å². The Morgan fingerprint density at radius 2 is 1.40 bits per heavy atom.